The quantitative estimate of drug-likeness (QED) is 0.631. The second kappa shape index (κ2) is 5.56. The Morgan fingerprint density at radius 1 is 1.42 bits per heavy atom. The molecular weight excluding hydrogens is 177 g/mol. The molecule has 0 aromatic rings. The highest BCUT2D eigenvalue weighted by atomic mass is 19.4. The van der Waals surface area contributed by atoms with Crippen molar-refractivity contribution in [2.24, 2.45) is 5.92 Å². The highest BCUT2D eigenvalue weighted by molar-refractivity contribution is 5.73. The van der Waals surface area contributed by atoms with Crippen molar-refractivity contribution < 1.29 is 27.9 Å². The first-order chi connectivity index (χ1) is 5.21. The standard InChI is InChI=1S/C4H8O.C2HF3O2/c1-4(2)3-5;3-2(4,5)1(6)7/h3-4H,1-2H3;(H,6,7). The van der Waals surface area contributed by atoms with Gasteiger partial charge in [0, 0.05) is 5.92 Å². The number of carbonyl (C=O) groups excluding carboxylic acids is 1. The lowest BCUT2D eigenvalue weighted by molar-refractivity contribution is -0.192. The summed E-state index contributed by atoms with van der Waals surface area (Å²) in [6.45, 7) is 3.71. The summed E-state index contributed by atoms with van der Waals surface area (Å²) < 4.78 is 31.7. The number of carboxylic acid groups (broad SMARTS) is 1. The minimum absolute atomic E-state index is 0.204. The molecule has 0 aliphatic heterocycles. The fourth-order valence-corrected chi connectivity index (χ4v) is 0. The van der Waals surface area contributed by atoms with Gasteiger partial charge in [0.05, 0.1) is 0 Å². The van der Waals surface area contributed by atoms with Crippen molar-refractivity contribution in [3.8, 4) is 0 Å². The van der Waals surface area contributed by atoms with Crippen LogP contribution >= 0.6 is 0 Å². The smallest absolute Gasteiger partial charge is 0.475 e. The van der Waals surface area contributed by atoms with Gasteiger partial charge in [0.25, 0.3) is 0 Å². The van der Waals surface area contributed by atoms with Crippen LogP contribution in [0.15, 0.2) is 0 Å². The molecule has 3 nitrogen and oxygen atoms in total. The Bertz CT molecular complexity index is 151. The van der Waals surface area contributed by atoms with Crippen molar-refractivity contribution in [3.05, 3.63) is 0 Å². The second-order valence-corrected chi connectivity index (χ2v) is 2.18. The van der Waals surface area contributed by atoms with Gasteiger partial charge >= 0.3 is 12.1 Å². The van der Waals surface area contributed by atoms with E-state index in [1.807, 2.05) is 13.8 Å². The molecule has 1 N–H and O–H groups in total. The van der Waals surface area contributed by atoms with Crippen molar-refractivity contribution >= 4 is 12.3 Å². The van der Waals surface area contributed by atoms with Crippen LogP contribution in [0.25, 0.3) is 0 Å². The maximum Gasteiger partial charge on any atom is 0.490 e. The van der Waals surface area contributed by atoms with Gasteiger partial charge in [-0.15, -0.1) is 0 Å². The van der Waals surface area contributed by atoms with Gasteiger partial charge in [0.1, 0.15) is 6.29 Å². The highest BCUT2D eigenvalue weighted by Crippen LogP contribution is 2.13. The van der Waals surface area contributed by atoms with Crippen LogP contribution in [0.5, 0.6) is 0 Å². The van der Waals surface area contributed by atoms with Crippen LogP contribution in [0.4, 0.5) is 13.2 Å². The van der Waals surface area contributed by atoms with Crippen LogP contribution in [-0.2, 0) is 9.59 Å². The minimum atomic E-state index is -5.08. The molecule has 0 heterocycles. The summed E-state index contributed by atoms with van der Waals surface area (Å²) in [5.74, 6) is -2.55. The van der Waals surface area contributed by atoms with E-state index in [1.165, 1.54) is 0 Å². The third-order valence-corrected chi connectivity index (χ3v) is 0.515. The summed E-state index contributed by atoms with van der Waals surface area (Å²) in [5, 5.41) is 7.12. The molecule has 0 amide bonds. The van der Waals surface area contributed by atoms with Crippen LogP contribution in [0.2, 0.25) is 0 Å². The summed E-state index contributed by atoms with van der Waals surface area (Å²) in [4.78, 5) is 18.4. The van der Waals surface area contributed by atoms with Crippen molar-refractivity contribution in [2.75, 3.05) is 0 Å². The monoisotopic (exact) mass is 186 g/mol. The number of rotatable bonds is 1. The fourth-order valence-electron chi connectivity index (χ4n) is 0. The number of aldehydes is 1. The van der Waals surface area contributed by atoms with Gasteiger partial charge in [-0.25, -0.2) is 4.79 Å². The molecule has 0 spiro atoms. The maximum absolute atomic E-state index is 10.6. The van der Waals surface area contributed by atoms with Crippen LogP contribution in [0.3, 0.4) is 0 Å². The topological polar surface area (TPSA) is 54.4 Å². The number of carbonyl (C=O) groups is 2. The van der Waals surface area contributed by atoms with Gasteiger partial charge in [-0.1, -0.05) is 13.8 Å². The molecule has 72 valence electrons. The molecule has 0 aliphatic carbocycles. The molecular formula is C6H9F3O3. The normalized spacial score (nSPS) is 10.2. The van der Waals surface area contributed by atoms with Crippen LogP contribution in [0, 0.1) is 5.92 Å². The van der Waals surface area contributed by atoms with Gasteiger partial charge in [-0.2, -0.15) is 13.2 Å². The van der Waals surface area contributed by atoms with E-state index in [4.69, 9.17) is 9.90 Å². The van der Waals surface area contributed by atoms with Crippen LogP contribution in [0.1, 0.15) is 13.8 Å². The van der Waals surface area contributed by atoms with E-state index < -0.39 is 12.1 Å². The fraction of sp³-hybridized carbons (Fsp3) is 0.667. The van der Waals surface area contributed by atoms with Crippen molar-refractivity contribution in [1.82, 2.24) is 0 Å². The van der Waals surface area contributed by atoms with E-state index in [0.717, 1.165) is 6.29 Å². The molecule has 0 saturated carbocycles. The Morgan fingerprint density at radius 2 is 1.58 bits per heavy atom. The third kappa shape index (κ3) is 11.7. The number of hydrogen-bond donors (Lipinski definition) is 1. The molecule has 0 aromatic carbocycles. The SMILES string of the molecule is CC(C)C=O.O=C(O)C(F)(F)F. The molecule has 0 rings (SSSR count). The zero-order valence-electron chi connectivity index (χ0n) is 6.55. The van der Waals surface area contributed by atoms with E-state index in [1.54, 1.807) is 0 Å². The Morgan fingerprint density at radius 3 is 1.58 bits per heavy atom. The Hall–Kier alpha value is -1.07. The molecule has 12 heavy (non-hydrogen) atoms. The van der Waals surface area contributed by atoms with E-state index in [9.17, 15) is 18.0 Å². The third-order valence-electron chi connectivity index (χ3n) is 0.515. The first-order valence-corrected chi connectivity index (χ1v) is 2.97. The van der Waals surface area contributed by atoms with Gasteiger partial charge < -0.3 is 9.90 Å². The summed E-state index contributed by atoms with van der Waals surface area (Å²) in [7, 11) is 0. The first-order valence-electron chi connectivity index (χ1n) is 2.97. The van der Waals surface area contributed by atoms with E-state index >= 15 is 0 Å². The summed E-state index contributed by atoms with van der Waals surface area (Å²) in [5.41, 5.74) is 0. The Kier molecular flexibility index (Phi) is 6.27. The predicted molar refractivity (Wildman–Crippen MR) is 34.6 cm³/mol. The predicted octanol–water partition coefficient (Wildman–Crippen LogP) is 1.47. The van der Waals surface area contributed by atoms with Crippen molar-refractivity contribution in [3.63, 3.8) is 0 Å². The lowest BCUT2D eigenvalue weighted by Crippen LogP contribution is -2.21. The highest BCUT2D eigenvalue weighted by Gasteiger charge is 2.38. The van der Waals surface area contributed by atoms with Gasteiger partial charge in [-0.05, 0) is 0 Å². The van der Waals surface area contributed by atoms with E-state index in [0.29, 0.717) is 0 Å². The molecule has 0 atom stereocenters. The molecule has 0 bridgehead atoms. The lowest BCUT2D eigenvalue weighted by atomic mass is 10.3. The number of alkyl halides is 3. The number of aliphatic carboxylic acids is 1. The molecule has 0 radical (unpaired) electrons. The molecule has 0 unspecified atom stereocenters. The number of carboxylic acids is 1. The maximum atomic E-state index is 10.6. The van der Waals surface area contributed by atoms with Crippen LogP contribution in [-0.4, -0.2) is 23.5 Å². The number of hydrogen-bond acceptors (Lipinski definition) is 2. The Balaban J connectivity index is 0. The lowest BCUT2D eigenvalue weighted by Gasteiger charge is -1.93. The van der Waals surface area contributed by atoms with E-state index in [2.05, 4.69) is 0 Å². The zero-order chi connectivity index (χ0) is 10.4. The van der Waals surface area contributed by atoms with Gasteiger partial charge in [0.15, 0.2) is 0 Å². The average molecular weight is 186 g/mol. The minimum Gasteiger partial charge on any atom is -0.475 e. The summed E-state index contributed by atoms with van der Waals surface area (Å²) in [6.07, 6.45) is -4.17. The van der Waals surface area contributed by atoms with Gasteiger partial charge in [-0.3, -0.25) is 0 Å². The Labute approximate surface area is 67.2 Å². The molecule has 0 aromatic heterocycles. The van der Waals surface area contributed by atoms with Crippen molar-refractivity contribution in [1.29, 1.82) is 0 Å². The molecule has 6 heteroatoms. The summed E-state index contributed by atoms with van der Waals surface area (Å²) >= 11 is 0. The average Bonchev–Trinajstić information content (AvgIpc) is 1.87. The van der Waals surface area contributed by atoms with Crippen LogP contribution < -0.4 is 0 Å². The molecule has 0 fully saturated rings. The molecule has 0 saturated heterocycles. The summed E-state index contributed by atoms with van der Waals surface area (Å²) in [6, 6.07) is 0. The first kappa shape index (κ1) is 13.5. The largest absolute Gasteiger partial charge is 0.490 e. The molecule has 0 aliphatic rings. The number of halogens is 3. The second-order valence-electron chi connectivity index (χ2n) is 2.18. The van der Waals surface area contributed by atoms with Crippen molar-refractivity contribution in [2.45, 2.75) is 20.0 Å². The zero-order valence-corrected chi connectivity index (χ0v) is 6.55. The van der Waals surface area contributed by atoms with E-state index in [-0.39, 0.29) is 5.92 Å². The van der Waals surface area contributed by atoms with Gasteiger partial charge in [0.2, 0.25) is 0 Å².